The molecule has 0 heterocycles. The number of hydrogen-bond donors (Lipinski definition) is 1. The Balaban J connectivity index is 2.37. The lowest BCUT2D eigenvalue weighted by molar-refractivity contribution is 0.317. The Bertz CT molecular complexity index is 398. The van der Waals surface area contributed by atoms with Crippen LogP contribution < -0.4 is 10.5 Å². The van der Waals surface area contributed by atoms with E-state index in [1.807, 2.05) is 0 Å². The number of benzene rings is 1. The molecule has 2 heteroatoms. The second-order valence-corrected chi connectivity index (χ2v) is 5.51. The maximum absolute atomic E-state index is 5.77. The molecule has 1 saturated carbocycles. The quantitative estimate of drug-likeness (QED) is 0.771. The highest BCUT2D eigenvalue weighted by atomic mass is 16.5. The minimum atomic E-state index is 0.262. The van der Waals surface area contributed by atoms with Gasteiger partial charge in [0.1, 0.15) is 12.5 Å². The summed E-state index contributed by atoms with van der Waals surface area (Å²) in [6.07, 6.45) is 3.84. The maximum Gasteiger partial charge on any atom is 0.137 e. The molecule has 2 rings (SSSR count). The zero-order valence-corrected chi connectivity index (χ0v) is 11.8. The molecule has 0 aromatic heterocycles. The summed E-state index contributed by atoms with van der Waals surface area (Å²) >= 11 is 0. The van der Waals surface area contributed by atoms with Crippen LogP contribution in [0.15, 0.2) is 18.2 Å². The summed E-state index contributed by atoms with van der Waals surface area (Å²) in [5.74, 6) is 3.01. The molecule has 0 radical (unpaired) electrons. The fourth-order valence-corrected chi connectivity index (χ4v) is 2.64. The van der Waals surface area contributed by atoms with Crippen molar-refractivity contribution >= 4 is 0 Å². The van der Waals surface area contributed by atoms with Crippen molar-refractivity contribution < 1.29 is 4.74 Å². The molecular formula is C16H25NO. The standard InChI is InChI=1S/C16H25NO/c1-4-11(2)14-6-5-7-15(16(14)18-10-17)12(3)13-8-9-13/h5-7,11-13H,4,8-10,17H2,1-3H3/t11-,12-/m1/s1. The lowest BCUT2D eigenvalue weighted by Crippen LogP contribution is -2.12. The molecule has 0 bridgehead atoms. The van der Waals surface area contributed by atoms with Gasteiger partial charge in [-0.3, -0.25) is 5.73 Å². The summed E-state index contributed by atoms with van der Waals surface area (Å²) in [5, 5.41) is 0. The van der Waals surface area contributed by atoms with E-state index in [0.717, 1.165) is 18.1 Å². The summed E-state index contributed by atoms with van der Waals surface area (Å²) in [6.45, 7) is 7.05. The molecule has 2 N–H and O–H groups in total. The fraction of sp³-hybridized carbons (Fsp3) is 0.625. The van der Waals surface area contributed by atoms with Gasteiger partial charge in [0.25, 0.3) is 0 Å². The molecule has 2 atom stereocenters. The summed E-state index contributed by atoms with van der Waals surface area (Å²) in [4.78, 5) is 0. The van der Waals surface area contributed by atoms with Crippen molar-refractivity contribution in [2.75, 3.05) is 6.73 Å². The van der Waals surface area contributed by atoms with Crippen molar-refractivity contribution in [3.05, 3.63) is 29.3 Å². The van der Waals surface area contributed by atoms with Gasteiger partial charge in [-0.15, -0.1) is 0 Å². The lowest BCUT2D eigenvalue weighted by atomic mass is 9.89. The maximum atomic E-state index is 5.77. The van der Waals surface area contributed by atoms with Gasteiger partial charge in [0.2, 0.25) is 0 Å². The molecule has 0 spiro atoms. The van der Waals surface area contributed by atoms with Crippen LogP contribution >= 0.6 is 0 Å². The summed E-state index contributed by atoms with van der Waals surface area (Å²) < 4.78 is 5.77. The first-order chi connectivity index (χ1) is 8.69. The van der Waals surface area contributed by atoms with Crippen molar-refractivity contribution in [3.8, 4) is 5.75 Å². The fourth-order valence-electron chi connectivity index (χ4n) is 2.64. The van der Waals surface area contributed by atoms with E-state index in [-0.39, 0.29) is 6.73 Å². The molecule has 1 aliphatic carbocycles. The largest absolute Gasteiger partial charge is 0.478 e. The molecule has 0 aliphatic heterocycles. The molecule has 2 nitrogen and oxygen atoms in total. The zero-order valence-electron chi connectivity index (χ0n) is 11.8. The van der Waals surface area contributed by atoms with Crippen LogP contribution in [-0.4, -0.2) is 6.73 Å². The average molecular weight is 247 g/mol. The highest BCUT2D eigenvalue weighted by Crippen LogP contribution is 2.46. The van der Waals surface area contributed by atoms with E-state index in [1.165, 1.54) is 24.0 Å². The monoisotopic (exact) mass is 247 g/mol. The van der Waals surface area contributed by atoms with Gasteiger partial charge in [-0.1, -0.05) is 39.0 Å². The van der Waals surface area contributed by atoms with Gasteiger partial charge in [0, 0.05) is 0 Å². The third kappa shape index (κ3) is 2.69. The van der Waals surface area contributed by atoms with Crippen molar-refractivity contribution in [2.24, 2.45) is 11.7 Å². The Hall–Kier alpha value is -1.02. The molecule has 0 amide bonds. The number of para-hydroxylation sites is 1. The van der Waals surface area contributed by atoms with Crippen molar-refractivity contribution in [1.82, 2.24) is 0 Å². The third-order valence-corrected chi connectivity index (χ3v) is 4.27. The molecule has 1 aliphatic rings. The normalized spacial score (nSPS) is 18.4. The molecule has 0 saturated heterocycles. The predicted molar refractivity (Wildman–Crippen MR) is 76.0 cm³/mol. The SMILES string of the molecule is CC[C@@H](C)c1cccc([C@H](C)C2CC2)c1OCN. The first-order valence-corrected chi connectivity index (χ1v) is 7.14. The number of hydrogen-bond acceptors (Lipinski definition) is 2. The average Bonchev–Trinajstić information content (AvgIpc) is 3.22. The first kappa shape index (κ1) is 13.4. The van der Waals surface area contributed by atoms with Crippen molar-refractivity contribution in [1.29, 1.82) is 0 Å². The van der Waals surface area contributed by atoms with Crippen LogP contribution in [0.1, 0.15) is 63.0 Å². The van der Waals surface area contributed by atoms with E-state index in [1.54, 1.807) is 0 Å². The Morgan fingerprint density at radius 3 is 2.50 bits per heavy atom. The third-order valence-electron chi connectivity index (χ3n) is 4.27. The highest BCUT2D eigenvalue weighted by molar-refractivity contribution is 5.45. The van der Waals surface area contributed by atoms with Gasteiger partial charge in [0.05, 0.1) is 0 Å². The van der Waals surface area contributed by atoms with Gasteiger partial charge in [-0.25, -0.2) is 0 Å². The molecule has 0 unspecified atom stereocenters. The molecular weight excluding hydrogens is 222 g/mol. The number of ether oxygens (including phenoxy) is 1. The van der Waals surface area contributed by atoms with Crippen molar-refractivity contribution in [3.63, 3.8) is 0 Å². The smallest absolute Gasteiger partial charge is 0.137 e. The van der Waals surface area contributed by atoms with Gasteiger partial charge >= 0.3 is 0 Å². The number of nitrogens with two attached hydrogens (primary N) is 1. The Morgan fingerprint density at radius 1 is 1.28 bits per heavy atom. The summed E-state index contributed by atoms with van der Waals surface area (Å²) in [6, 6.07) is 6.56. The van der Waals surface area contributed by atoms with E-state index >= 15 is 0 Å². The minimum absolute atomic E-state index is 0.262. The minimum Gasteiger partial charge on any atom is -0.478 e. The molecule has 1 aromatic rings. The van der Waals surface area contributed by atoms with Crippen LogP contribution in [-0.2, 0) is 0 Å². The first-order valence-electron chi connectivity index (χ1n) is 7.14. The van der Waals surface area contributed by atoms with Crippen LogP contribution in [0.4, 0.5) is 0 Å². The Labute approximate surface area is 111 Å². The van der Waals surface area contributed by atoms with Gasteiger partial charge < -0.3 is 4.74 Å². The van der Waals surface area contributed by atoms with Crippen molar-refractivity contribution in [2.45, 2.75) is 51.9 Å². The van der Waals surface area contributed by atoms with E-state index in [0.29, 0.717) is 11.8 Å². The predicted octanol–water partition coefficient (Wildman–Crippen LogP) is 4.01. The topological polar surface area (TPSA) is 35.2 Å². The Kier molecular flexibility index (Phi) is 4.28. The molecule has 1 fully saturated rings. The highest BCUT2D eigenvalue weighted by Gasteiger charge is 2.31. The zero-order chi connectivity index (χ0) is 13.1. The van der Waals surface area contributed by atoms with Crippen LogP contribution in [0.5, 0.6) is 5.75 Å². The Morgan fingerprint density at radius 2 is 1.94 bits per heavy atom. The van der Waals surface area contributed by atoms with Crippen LogP contribution in [0, 0.1) is 5.92 Å². The van der Waals surface area contributed by atoms with Gasteiger partial charge in [0.15, 0.2) is 0 Å². The lowest BCUT2D eigenvalue weighted by Gasteiger charge is -2.21. The molecule has 1 aromatic carbocycles. The van der Waals surface area contributed by atoms with E-state index in [2.05, 4.69) is 39.0 Å². The second kappa shape index (κ2) is 5.75. The van der Waals surface area contributed by atoms with Crippen LogP contribution in [0.25, 0.3) is 0 Å². The number of rotatable bonds is 6. The molecule has 18 heavy (non-hydrogen) atoms. The second-order valence-electron chi connectivity index (χ2n) is 5.51. The summed E-state index contributed by atoms with van der Waals surface area (Å²) in [5.41, 5.74) is 8.27. The summed E-state index contributed by atoms with van der Waals surface area (Å²) in [7, 11) is 0. The van der Waals surface area contributed by atoms with Crippen LogP contribution in [0.3, 0.4) is 0 Å². The van der Waals surface area contributed by atoms with E-state index in [9.17, 15) is 0 Å². The van der Waals surface area contributed by atoms with Gasteiger partial charge in [-0.05, 0) is 48.1 Å². The molecule has 100 valence electrons. The van der Waals surface area contributed by atoms with E-state index < -0.39 is 0 Å². The van der Waals surface area contributed by atoms with Gasteiger partial charge in [-0.2, -0.15) is 0 Å². The van der Waals surface area contributed by atoms with Crippen LogP contribution in [0.2, 0.25) is 0 Å². The van der Waals surface area contributed by atoms with E-state index in [4.69, 9.17) is 10.5 Å².